The smallest absolute Gasteiger partial charge is 0.410 e. The van der Waals surface area contributed by atoms with Gasteiger partial charge in [-0.3, -0.25) is 0 Å². The summed E-state index contributed by atoms with van der Waals surface area (Å²) in [6.07, 6.45) is 0.188. The highest BCUT2D eigenvalue weighted by Gasteiger charge is 2.32. The molecule has 1 saturated heterocycles. The number of amides is 1. The summed E-state index contributed by atoms with van der Waals surface area (Å²) in [6, 6.07) is 16.5. The molecule has 128 valence electrons. The van der Waals surface area contributed by atoms with E-state index in [1.807, 2.05) is 42.5 Å². The normalized spacial score (nSPS) is 19.9. The Kier molecular flexibility index (Phi) is 5.32. The molecule has 1 amide bonds. The summed E-state index contributed by atoms with van der Waals surface area (Å²) in [5, 5.41) is 10.0. The number of aliphatic hydroxyl groups is 1. The first-order valence-electron chi connectivity index (χ1n) is 8.30. The molecule has 25 heavy (non-hydrogen) atoms. The van der Waals surface area contributed by atoms with Gasteiger partial charge in [0, 0.05) is 6.54 Å². The van der Waals surface area contributed by atoms with E-state index in [1.54, 1.807) is 17.0 Å². The number of ether oxygens (including phenoxy) is 1. The number of rotatable bonds is 3. The first-order chi connectivity index (χ1) is 12.2. The Morgan fingerprint density at radius 2 is 1.92 bits per heavy atom. The average Bonchev–Trinajstić information content (AvgIpc) is 2.67. The first-order valence-corrected chi connectivity index (χ1v) is 8.30. The van der Waals surface area contributed by atoms with E-state index >= 15 is 0 Å². The maximum Gasteiger partial charge on any atom is 0.410 e. The molecule has 3 rings (SSSR count). The van der Waals surface area contributed by atoms with E-state index in [0.717, 1.165) is 11.1 Å². The minimum atomic E-state index is -0.441. The molecule has 0 aromatic heterocycles. The lowest BCUT2D eigenvalue weighted by molar-refractivity contribution is 0.0259. The number of benzene rings is 2. The molecule has 1 fully saturated rings. The van der Waals surface area contributed by atoms with E-state index in [1.165, 1.54) is 0 Å². The molecule has 1 aliphatic heterocycles. The summed E-state index contributed by atoms with van der Waals surface area (Å²) in [6.45, 7) is 7.71. The summed E-state index contributed by atoms with van der Waals surface area (Å²) in [4.78, 5) is 17.6. The third-order valence-electron chi connectivity index (χ3n) is 4.42. The van der Waals surface area contributed by atoms with E-state index in [2.05, 4.69) is 4.85 Å². The molecule has 0 saturated carbocycles. The number of carbonyl (C=O) groups excluding carboxylic acids is 1. The number of hydrogen-bond donors (Lipinski definition) is 1. The fourth-order valence-corrected chi connectivity index (χ4v) is 3.05. The van der Waals surface area contributed by atoms with Gasteiger partial charge in [-0.2, -0.15) is 0 Å². The number of piperidine rings is 1. The SMILES string of the molecule is [C-]#[N+]c1ccc(C2CC(O)CCN2C(=O)OCc2ccccc2)cc1. The minimum absolute atomic E-state index is 0.224. The number of nitrogens with zero attached hydrogens (tertiary/aromatic N) is 2. The van der Waals surface area contributed by atoms with Crippen LogP contribution in [0.15, 0.2) is 54.6 Å². The zero-order valence-electron chi connectivity index (χ0n) is 13.8. The van der Waals surface area contributed by atoms with E-state index < -0.39 is 6.10 Å². The van der Waals surface area contributed by atoms with Crippen LogP contribution in [0.2, 0.25) is 0 Å². The monoisotopic (exact) mass is 336 g/mol. The Morgan fingerprint density at radius 1 is 1.20 bits per heavy atom. The van der Waals surface area contributed by atoms with Crippen LogP contribution in [0, 0.1) is 6.57 Å². The van der Waals surface area contributed by atoms with Crippen LogP contribution >= 0.6 is 0 Å². The van der Waals surface area contributed by atoms with Crippen molar-refractivity contribution in [3.8, 4) is 0 Å². The van der Waals surface area contributed by atoms with Gasteiger partial charge < -0.3 is 14.7 Å². The fourth-order valence-electron chi connectivity index (χ4n) is 3.05. The topological polar surface area (TPSA) is 54.1 Å². The van der Waals surface area contributed by atoms with E-state index in [-0.39, 0.29) is 18.7 Å². The van der Waals surface area contributed by atoms with Gasteiger partial charge in [-0.15, -0.1) is 0 Å². The van der Waals surface area contributed by atoms with Crippen molar-refractivity contribution in [3.05, 3.63) is 77.1 Å². The third-order valence-corrected chi connectivity index (χ3v) is 4.42. The quantitative estimate of drug-likeness (QED) is 0.860. The predicted octanol–water partition coefficient (Wildman–Crippen LogP) is 4.07. The Labute approximate surface area is 147 Å². The van der Waals surface area contributed by atoms with Gasteiger partial charge in [0.25, 0.3) is 0 Å². The zero-order chi connectivity index (χ0) is 17.6. The summed E-state index contributed by atoms with van der Waals surface area (Å²) in [5.41, 5.74) is 2.40. The summed E-state index contributed by atoms with van der Waals surface area (Å²) >= 11 is 0. The molecule has 0 bridgehead atoms. The Bertz CT molecular complexity index is 753. The van der Waals surface area contributed by atoms with Crippen LogP contribution in [0.1, 0.15) is 30.0 Å². The highest BCUT2D eigenvalue weighted by molar-refractivity contribution is 5.68. The highest BCUT2D eigenvalue weighted by Crippen LogP contribution is 2.32. The molecule has 1 N–H and O–H groups in total. The van der Waals surface area contributed by atoms with Gasteiger partial charge in [0.15, 0.2) is 5.69 Å². The van der Waals surface area contributed by atoms with E-state index in [4.69, 9.17) is 11.3 Å². The maximum atomic E-state index is 12.6. The van der Waals surface area contributed by atoms with Crippen molar-refractivity contribution in [1.82, 2.24) is 4.90 Å². The second-order valence-electron chi connectivity index (χ2n) is 6.13. The number of carbonyl (C=O) groups is 1. The molecule has 0 radical (unpaired) electrons. The Morgan fingerprint density at radius 3 is 2.60 bits per heavy atom. The van der Waals surface area contributed by atoms with Gasteiger partial charge >= 0.3 is 6.09 Å². The highest BCUT2D eigenvalue weighted by atomic mass is 16.6. The lowest BCUT2D eigenvalue weighted by atomic mass is 9.93. The molecule has 2 unspecified atom stereocenters. The van der Waals surface area contributed by atoms with Crippen LogP contribution in [-0.4, -0.2) is 28.7 Å². The van der Waals surface area contributed by atoms with Crippen molar-refractivity contribution in [2.75, 3.05) is 6.54 Å². The van der Waals surface area contributed by atoms with E-state index in [9.17, 15) is 9.90 Å². The zero-order valence-corrected chi connectivity index (χ0v) is 13.8. The largest absolute Gasteiger partial charge is 0.445 e. The molecular formula is C20H20N2O3. The molecule has 0 aliphatic carbocycles. The second-order valence-corrected chi connectivity index (χ2v) is 6.13. The predicted molar refractivity (Wildman–Crippen MR) is 94.0 cm³/mol. The van der Waals surface area contributed by atoms with Crippen LogP contribution in [0.25, 0.3) is 4.85 Å². The van der Waals surface area contributed by atoms with Crippen LogP contribution in [0.3, 0.4) is 0 Å². The Balaban J connectivity index is 1.72. The van der Waals surface area contributed by atoms with Gasteiger partial charge in [0.2, 0.25) is 0 Å². The standard InChI is InChI=1S/C20H20N2O3/c1-21-17-9-7-16(8-10-17)19-13-18(23)11-12-22(19)20(24)25-14-15-5-3-2-4-6-15/h2-10,18-19,23H,11-14H2. The lowest BCUT2D eigenvalue weighted by Crippen LogP contribution is -2.42. The number of aliphatic hydroxyl groups excluding tert-OH is 1. The summed E-state index contributed by atoms with van der Waals surface area (Å²) in [5.74, 6) is 0. The minimum Gasteiger partial charge on any atom is -0.445 e. The van der Waals surface area contributed by atoms with Crippen LogP contribution in [0.4, 0.5) is 10.5 Å². The fraction of sp³-hybridized carbons (Fsp3) is 0.300. The average molecular weight is 336 g/mol. The van der Waals surface area contributed by atoms with Gasteiger partial charge in [-0.05, 0) is 24.0 Å². The van der Waals surface area contributed by atoms with Crippen molar-refractivity contribution in [2.24, 2.45) is 0 Å². The molecule has 2 atom stereocenters. The van der Waals surface area contributed by atoms with Gasteiger partial charge in [0.05, 0.1) is 18.7 Å². The van der Waals surface area contributed by atoms with Crippen molar-refractivity contribution >= 4 is 11.8 Å². The first kappa shape index (κ1) is 17.0. The lowest BCUT2D eigenvalue weighted by Gasteiger charge is -2.37. The molecule has 2 aromatic carbocycles. The van der Waals surface area contributed by atoms with Crippen LogP contribution in [0.5, 0.6) is 0 Å². The van der Waals surface area contributed by atoms with Crippen molar-refractivity contribution in [2.45, 2.75) is 31.6 Å². The number of likely N-dealkylation sites (tertiary alicyclic amines) is 1. The molecule has 5 nitrogen and oxygen atoms in total. The summed E-state index contributed by atoms with van der Waals surface area (Å²) < 4.78 is 5.46. The van der Waals surface area contributed by atoms with Gasteiger partial charge in [0.1, 0.15) is 6.61 Å². The van der Waals surface area contributed by atoms with Crippen molar-refractivity contribution < 1.29 is 14.6 Å². The summed E-state index contributed by atoms with van der Waals surface area (Å²) in [7, 11) is 0. The molecule has 0 spiro atoms. The molecule has 1 heterocycles. The van der Waals surface area contributed by atoms with E-state index in [0.29, 0.717) is 25.1 Å². The Hall–Kier alpha value is -2.84. The molecule has 2 aromatic rings. The number of hydrogen-bond acceptors (Lipinski definition) is 3. The molecule has 5 heteroatoms. The molecular weight excluding hydrogens is 316 g/mol. The van der Waals surface area contributed by atoms with Crippen LogP contribution < -0.4 is 0 Å². The third kappa shape index (κ3) is 4.17. The van der Waals surface area contributed by atoms with Gasteiger partial charge in [-0.25, -0.2) is 9.64 Å². The van der Waals surface area contributed by atoms with Crippen molar-refractivity contribution in [1.29, 1.82) is 0 Å². The van der Waals surface area contributed by atoms with Crippen molar-refractivity contribution in [3.63, 3.8) is 0 Å². The second kappa shape index (κ2) is 7.82. The van der Waals surface area contributed by atoms with Gasteiger partial charge in [-0.1, -0.05) is 54.6 Å². The van der Waals surface area contributed by atoms with Crippen LogP contribution in [-0.2, 0) is 11.3 Å². The maximum absolute atomic E-state index is 12.6. The molecule has 1 aliphatic rings.